The van der Waals surface area contributed by atoms with Crippen LogP contribution in [0.25, 0.3) is 0 Å². The van der Waals surface area contributed by atoms with Gasteiger partial charge in [0.1, 0.15) is 13.2 Å². The highest BCUT2D eigenvalue weighted by molar-refractivity contribution is 5.71. The monoisotopic (exact) mass is 863 g/mol. The van der Waals surface area contributed by atoms with Gasteiger partial charge in [-0.3, -0.25) is 14.4 Å². The van der Waals surface area contributed by atoms with Crippen LogP contribution in [0.1, 0.15) is 304 Å². The standard InChI is InChI=1S/C55H106O6/c1-6-7-8-9-10-23-32-37-42-47-55(58)61-52(49-60-54(57)46-41-36-31-27-22-18-14-16-20-25-29-34-39-44-51(4)5)48-59-53(56)45-40-35-30-26-21-17-13-11-12-15-19-24-28-33-38-43-50(2)3/h50-52H,6-49H2,1-5H3/t52-/m1/s1. The van der Waals surface area contributed by atoms with Crippen molar-refractivity contribution in [3.05, 3.63) is 0 Å². The molecule has 0 aliphatic heterocycles. The molecule has 0 N–H and O–H groups in total. The van der Waals surface area contributed by atoms with E-state index in [2.05, 4.69) is 34.6 Å². The normalized spacial score (nSPS) is 12.0. The molecule has 0 aromatic heterocycles. The predicted molar refractivity (Wildman–Crippen MR) is 261 cm³/mol. The van der Waals surface area contributed by atoms with Gasteiger partial charge in [0.2, 0.25) is 0 Å². The Morgan fingerprint density at radius 1 is 0.311 bits per heavy atom. The van der Waals surface area contributed by atoms with Crippen LogP contribution in [-0.4, -0.2) is 37.2 Å². The fourth-order valence-corrected chi connectivity index (χ4v) is 8.34. The molecule has 0 bridgehead atoms. The average Bonchev–Trinajstić information content (AvgIpc) is 3.23. The maximum atomic E-state index is 12.7. The van der Waals surface area contributed by atoms with Crippen molar-refractivity contribution in [2.24, 2.45) is 11.8 Å². The lowest BCUT2D eigenvalue weighted by molar-refractivity contribution is -0.167. The maximum absolute atomic E-state index is 12.7. The Balaban J connectivity index is 4.20. The van der Waals surface area contributed by atoms with E-state index in [1.165, 1.54) is 193 Å². The summed E-state index contributed by atoms with van der Waals surface area (Å²) >= 11 is 0. The first kappa shape index (κ1) is 59.4. The molecule has 362 valence electrons. The number of unbranched alkanes of at least 4 members (excludes halogenated alkanes) is 34. The first-order valence-electron chi connectivity index (χ1n) is 27.2. The Morgan fingerprint density at radius 3 is 0.803 bits per heavy atom. The molecule has 0 unspecified atom stereocenters. The lowest BCUT2D eigenvalue weighted by Gasteiger charge is -2.18. The van der Waals surface area contributed by atoms with Crippen LogP contribution in [0.5, 0.6) is 0 Å². The van der Waals surface area contributed by atoms with Crippen LogP contribution >= 0.6 is 0 Å². The van der Waals surface area contributed by atoms with Gasteiger partial charge >= 0.3 is 17.9 Å². The van der Waals surface area contributed by atoms with E-state index < -0.39 is 6.10 Å². The molecule has 0 aliphatic rings. The molecule has 0 spiro atoms. The Labute approximate surface area is 380 Å². The van der Waals surface area contributed by atoms with Crippen LogP contribution in [0.4, 0.5) is 0 Å². The molecule has 0 aromatic carbocycles. The number of hydrogen-bond donors (Lipinski definition) is 0. The maximum Gasteiger partial charge on any atom is 0.306 e. The summed E-state index contributed by atoms with van der Waals surface area (Å²) in [6.07, 6.45) is 49.5. The summed E-state index contributed by atoms with van der Waals surface area (Å²) in [5, 5.41) is 0. The van der Waals surface area contributed by atoms with Crippen LogP contribution in [0.15, 0.2) is 0 Å². The van der Waals surface area contributed by atoms with Crippen molar-refractivity contribution in [3.8, 4) is 0 Å². The summed E-state index contributed by atoms with van der Waals surface area (Å²) in [5.74, 6) is 0.843. The minimum Gasteiger partial charge on any atom is -0.462 e. The SMILES string of the molecule is CCCCCCCCCCCC(=O)O[C@H](COC(=O)CCCCCCCCCCCCCCCCCC(C)C)COC(=O)CCCCCCCCCCCCCCCC(C)C. The van der Waals surface area contributed by atoms with Crippen LogP contribution in [-0.2, 0) is 28.6 Å². The zero-order valence-electron chi connectivity index (χ0n) is 41.8. The molecule has 61 heavy (non-hydrogen) atoms. The van der Waals surface area contributed by atoms with E-state index in [0.717, 1.165) is 69.6 Å². The lowest BCUT2D eigenvalue weighted by atomic mass is 10.0. The zero-order valence-corrected chi connectivity index (χ0v) is 41.8. The van der Waals surface area contributed by atoms with E-state index in [-0.39, 0.29) is 31.1 Å². The summed E-state index contributed by atoms with van der Waals surface area (Å²) in [7, 11) is 0. The average molecular weight is 863 g/mol. The Morgan fingerprint density at radius 2 is 0.541 bits per heavy atom. The molecule has 0 radical (unpaired) electrons. The molecule has 0 saturated heterocycles. The Bertz CT molecular complexity index is 931. The summed E-state index contributed by atoms with van der Waals surface area (Å²) < 4.78 is 16.8. The number of rotatable bonds is 49. The number of ether oxygens (including phenoxy) is 3. The second kappa shape index (κ2) is 47.9. The van der Waals surface area contributed by atoms with Gasteiger partial charge in [0, 0.05) is 19.3 Å². The second-order valence-electron chi connectivity index (χ2n) is 19.8. The fourth-order valence-electron chi connectivity index (χ4n) is 8.34. The van der Waals surface area contributed by atoms with Crippen LogP contribution in [0.3, 0.4) is 0 Å². The van der Waals surface area contributed by atoms with Crippen LogP contribution < -0.4 is 0 Å². The van der Waals surface area contributed by atoms with E-state index in [1.807, 2.05) is 0 Å². The number of hydrogen-bond acceptors (Lipinski definition) is 6. The largest absolute Gasteiger partial charge is 0.462 e. The molecule has 0 aromatic rings. The highest BCUT2D eigenvalue weighted by Crippen LogP contribution is 2.18. The lowest BCUT2D eigenvalue weighted by Crippen LogP contribution is -2.30. The third-order valence-electron chi connectivity index (χ3n) is 12.5. The zero-order chi connectivity index (χ0) is 44.7. The van der Waals surface area contributed by atoms with Gasteiger partial charge in [0.15, 0.2) is 6.10 Å². The summed E-state index contributed by atoms with van der Waals surface area (Å²) in [4.78, 5) is 37.9. The van der Waals surface area contributed by atoms with Gasteiger partial charge in [-0.05, 0) is 31.1 Å². The van der Waals surface area contributed by atoms with Crippen molar-refractivity contribution in [3.63, 3.8) is 0 Å². The van der Waals surface area contributed by atoms with Gasteiger partial charge in [-0.2, -0.15) is 0 Å². The van der Waals surface area contributed by atoms with Crippen LogP contribution in [0, 0.1) is 11.8 Å². The molecular weight excluding hydrogens is 757 g/mol. The Kier molecular flexibility index (Phi) is 46.6. The number of esters is 3. The van der Waals surface area contributed by atoms with Gasteiger partial charge in [0.05, 0.1) is 0 Å². The molecule has 6 nitrogen and oxygen atoms in total. The quantitative estimate of drug-likeness (QED) is 0.0344. The van der Waals surface area contributed by atoms with E-state index >= 15 is 0 Å². The fraction of sp³-hybridized carbons (Fsp3) is 0.945. The van der Waals surface area contributed by atoms with Crippen molar-refractivity contribution in [2.45, 2.75) is 310 Å². The van der Waals surface area contributed by atoms with Gasteiger partial charge in [0.25, 0.3) is 0 Å². The molecule has 0 saturated carbocycles. The van der Waals surface area contributed by atoms with Crippen molar-refractivity contribution < 1.29 is 28.6 Å². The minimum absolute atomic E-state index is 0.0633. The minimum atomic E-state index is -0.761. The molecule has 0 amide bonds. The topological polar surface area (TPSA) is 78.9 Å². The van der Waals surface area contributed by atoms with Crippen molar-refractivity contribution in [1.82, 2.24) is 0 Å². The van der Waals surface area contributed by atoms with Gasteiger partial charge in [-0.1, -0.05) is 266 Å². The molecule has 1 atom stereocenters. The molecule has 0 fully saturated rings. The third kappa shape index (κ3) is 49.3. The molecular formula is C55H106O6. The molecule has 0 rings (SSSR count). The summed E-state index contributed by atoms with van der Waals surface area (Å²) in [6, 6.07) is 0. The number of carbonyl (C=O) groups is 3. The van der Waals surface area contributed by atoms with E-state index in [1.54, 1.807) is 0 Å². The van der Waals surface area contributed by atoms with Crippen molar-refractivity contribution >= 4 is 17.9 Å². The highest BCUT2D eigenvalue weighted by atomic mass is 16.6. The van der Waals surface area contributed by atoms with Gasteiger partial charge in [-0.25, -0.2) is 0 Å². The van der Waals surface area contributed by atoms with Gasteiger partial charge < -0.3 is 14.2 Å². The van der Waals surface area contributed by atoms with Crippen molar-refractivity contribution in [1.29, 1.82) is 0 Å². The predicted octanol–water partition coefficient (Wildman–Crippen LogP) is 17.7. The first-order valence-corrected chi connectivity index (χ1v) is 27.2. The van der Waals surface area contributed by atoms with Crippen LogP contribution in [0.2, 0.25) is 0 Å². The second-order valence-corrected chi connectivity index (χ2v) is 19.8. The van der Waals surface area contributed by atoms with E-state index in [0.29, 0.717) is 19.3 Å². The van der Waals surface area contributed by atoms with Gasteiger partial charge in [-0.15, -0.1) is 0 Å². The summed E-state index contributed by atoms with van der Waals surface area (Å²) in [5.41, 5.74) is 0. The molecule has 0 aliphatic carbocycles. The molecule has 6 heteroatoms. The summed E-state index contributed by atoms with van der Waals surface area (Å²) in [6.45, 7) is 11.4. The highest BCUT2D eigenvalue weighted by Gasteiger charge is 2.19. The Hall–Kier alpha value is -1.59. The smallest absolute Gasteiger partial charge is 0.306 e. The third-order valence-corrected chi connectivity index (χ3v) is 12.5. The molecule has 0 heterocycles. The van der Waals surface area contributed by atoms with Crippen molar-refractivity contribution in [2.75, 3.05) is 13.2 Å². The van der Waals surface area contributed by atoms with E-state index in [9.17, 15) is 14.4 Å². The number of carbonyl (C=O) groups excluding carboxylic acids is 3. The van der Waals surface area contributed by atoms with E-state index in [4.69, 9.17) is 14.2 Å². The first-order chi connectivity index (χ1) is 29.7.